The Bertz CT molecular complexity index is 815. The molecule has 0 spiro atoms. The van der Waals surface area contributed by atoms with Crippen molar-refractivity contribution >= 4 is 0 Å². The lowest BCUT2D eigenvalue weighted by molar-refractivity contribution is -0.110. The van der Waals surface area contributed by atoms with E-state index in [4.69, 9.17) is 9.47 Å². The summed E-state index contributed by atoms with van der Waals surface area (Å²) < 4.78 is 10.8. The topological polar surface area (TPSA) is 41.9 Å². The Morgan fingerprint density at radius 3 is 1.68 bits per heavy atom. The van der Waals surface area contributed by atoms with Crippen LogP contribution in [0.3, 0.4) is 0 Å². The van der Waals surface area contributed by atoms with E-state index in [9.17, 15) is 5.11 Å². The largest absolute Gasteiger partial charge is 0.497 e. The van der Waals surface area contributed by atoms with Crippen molar-refractivity contribution in [1.29, 1.82) is 0 Å². The standard InChI is InChI=1S/C27H35NO3/c1-30-21-10-6-19(7-11-21)23-16-27(28-14-4-3-5-15-28)17-24(26(23)25(29)18-27)20-8-12-22(31-2)13-9-20/h6-13,23-26,29H,3-5,14-18H2,1-2H3/t23-,24-,25?,26?,27?/m0/s1. The monoisotopic (exact) mass is 421 g/mol. The maximum absolute atomic E-state index is 11.5. The molecule has 4 aliphatic rings. The molecule has 1 saturated heterocycles. The third kappa shape index (κ3) is 3.74. The molecule has 2 aromatic carbocycles. The van der Waals surface area contributed by atoms with Crippen molar-refractivity contribution in [2.45, 2.75) is 62.0 Å². The molecule has 1 heterocycles. The number of nitrogens with zero attached hydrogens (tertiary/aromatic N) is 1. The first-order valence-electron chi connectivity index (χ1n) is 11.8. The van der Waals surface area contributed by atoms with E-state index in [-0.39, 0.29) is 17.6 Å². The maximum atomic E-state index is 11.5. The van der Waals surface area contributed by atoms with Crippen LogP contribution in [0.4, 0.5) is 0 Å². The van der Waals surface area contributed by atoms with Crippen LogP contribution < -0.4 is 9.47 Å². The van der Waals surface area contributed by atoms with Gasteiger partial charge in [-0.3, -0.25) is 4.90 Å². The zero-order valence-corrected chi connectivity index (χ0v) is 18.8. The lowest BCUT2D eigenvalue weighted by Crippen LogP contribution is -2.63. The summed E-state index contributed by atoms with van der Waals surface area (Å²) in [5, 5.41) is 11.5. The average molecular weight is 422 g/mol. The van der Waals surface area contributed by atoms with Gasteiger partial charge in [0.1, 0.15) is 11.5 Å². The predicted octanol–water partition coefficient (Wildman–Crippen LogP) is 4.97. The number of fused-ring (bicyclic) bond motifs is 3. The number of benzene rings is 2. The Balaban J connectivity index is 1.54. The molecule has 4 fully saturated rings. The van der Waals surface area contributed by atoms with Gasteiger partial charge >= 0.3 is 0 Å². The van der Waals surface area contributed by atoms with Crippen molar-refractivity contribution < 1.29 is 14.6 Å². The van der Waals surface area contributed by atoms with E-state index >= 15 is 0 Å². The summed E-state index contributed by atoms with van der Waals surface area (Å²) in [7, 11) is 3.43. The summed E-state index contributed by atoms with van der Waals surface area (Å²) in [6.45, 7) is 2.34. The van der Waals surface area contributed by atoms with Crippen LogP contribution in [-0.4, -0.2) is 49.0 Å². The van der Waals surface area contributed by atoms with Gasteiger partial charge in [0, 0.05) is 5.54 Å². The summed E-state index contributed by atoms with van der Waals surface area (Å²) in [5.41, 5.74) is 2.76. The minimum Gasteiger partial charge on any atom is -0.497 e. The molecule has 0 aromatic heterocycles. The number of ether oxygens (including phenoxy) is 2. The molecule has 6 rings (SSSR count). The molecule has 166 valence electrons. The first-order chi connectivity index (χ1) is 15.1. The number of aliphatic hydroxyl groups excluding tert-OH is 1. The van der Waals surface area contributed by atoms with Crippen molar-refractivity contribution in [3.05, 3.63) is 59.7 Å². The van der Waals surface area contributed by atoms with E-state index < -0.39 is 0 Å². The fraction of sp³-hybridized carbons (Fsp3) is 0.556. The van der Waals surface area contributed by atoms with Gasteiger partial charge in [-0.25, -0.2) is 0 Å². The molecule has 0 radical (unpaired) electrons. The van der Waals surface area contributed by atoms with Gasteiger partial charge in [0.15, 0.2) is 0 Å². The third-order valence-corrected chi connectivity index (χ3v) is 8.28. The van der Waals surface area contributed by atoms with Crippen LogP contribution in [-0.2, 0) is 0 Å². The normalized spacial score (nSPS) is 33.3. The van der Waals surface area contributed by atoms with Crippen LogP contribution in [0.5, 0.6) is 11.5 Å². The van der Waals surface area contributed by atoms with Gasteiger partial charge in [-0.2, -0.15) is 0 Å². The molecule has 1 aliphatic heterocycles. The predicted molar refractivity (Wildman–Crippen MR) is 123 cm³/mol. The highest BCUT2D eigenvalue weighted by atomic mass is 16.5. The van der Waals surface area contributed by atoms with Crippen molar-refractivity contribution in [3.8, 4) is 11.5 Å². The Morgan fingerprint density at radius 2 is 1.23 bits per heavy atom. The minimum absolute atomic E-state index is 0.0871. The molecular weight excluding hydrogens is 386 g/mol. The minimum atomic E-state index is -0.274. The van der Waals surface area contributed by atoms with Crippen LogP contribution in [0.25, 0.3) is 0 Å². The molecule has 3 saturated carbocycles. The highest BCUT2D eigenvalue weighted by molar-refractivity contribution is 5.37. The average Bonchev–Trinajstić information content (AvgIpc) is 2.84. The van der Waals surface area contributed by atoms with Gasteiger partial charge in [-0.05, 0) is 98.3 Å². The Morgan fingerprint density at radius 1 is 0.742 bits per heavy atom. The Labute approximate surface area is 186 Å². The highest BCUT2D eigenvalue weighted by Gasteiger charge is 2.57. The van der Waals surface area contributed by atoms with Gasteiger partial charge in [0.05, 0.1) is 20.3 Å². The number of piperidine rings is 1. The van der Waals surface area contributed by atoms with Crippen molar-refractivity contribution in [1.82, 2.24) is 4.90 Å². The van der Waals surface area contributed by atoms with Crippen LogP contribution >= 0.6 is 0 Å². The van der Waals surface area contributed by atoms with E-state index in [0.717, 1.165) is 30.8 Å². The van der Waals surface area contributed by atoms with Gasteiger partial charge in [0.25, 0.3) is 0 Å². The van der Waals surface area contributed by atoms with Crippen molar-refractivity contribution in [2.75, 3.05) is 27.3 Å². The molecule has 2 aromatic rings. The van der Waals surface area contributed by atoms with E-state index in [1.807, 2.05) is 0 Å². The maximum Gasteiger partial charge on any atom is 0.118 e. The van der Waals surface area contributed by atoms with Crippen molar-refractivity contribution in [3.63, 3.8) is 0 Å². The summed E-state index contributed by atoms with van der Waals surface area (Å²) in [6.07, 6.45) is 6.83. The summed E-state index contributed by atoms with van der Waals surface area (Å²) >= 11 is 0. The fourth-order valence-electron chi connectivity index (χ4n) is 6.82. The number of rotatable bonds is 5. The first-order valence-corrected chi connectivity index (χ1v) is 11.8. The molecule has 1 unspecified atom stereocenters. The van der Waals surface area contributed by atoms with Crippen LogP contribution in [0, 0.1) is 5.92 Å². The van der Waals surface area contributed by atoms with Gasteiger partial charge in [-0.15, -0.1) is 0 Å². The van der Waals surface area contributed by atoms with Crippen LogP contribution in [0.1, 0.15) is 61.5 Å². The zero-order chi connectivity index (χ0) is 21.4. The quantitative estimate of drug-likeness (QED) is 0.740. The van der Waals surface area contributed by atoms with Gasteiger partial charge < -0.3 is 14.6 Å². The molecule has 1 N–H and O–H groups in total. The second kappa shape index (κ2) is 8.48. The van der Waals surface area contributed by atoms with Crippen LogP contribution in [0.15, 0.2) is 48.5 Å². The highest BCUT2D eigenvalue weighted by Crippen LogP contribution is 2.60. The van der Waals surface area contributed by atoms with E-state index in [2.05, 4.69) is 53.4 Å². The molecule has 3 aliphatic carbocycles. The van der Waals surface area contributed by atoms with Gasteiger partial charge in [0.2, 0.25) is 0 Å². The first kappa shape index (κ1) is 20.8. The summed E-state index contributed by atoms with van der Waals surface area (Å²) in [6, 6.07) is 17.1. The van der Waals surface area contributed by atoms with Gasteiger partial charge in [-0.1, -0.05) is 30.7 Å². The third-order valence-electron chi connectivity index (χ3n) is 8.28. The van der Waals surface area contributed by atoms with E-state index in [0.29, 0.717) is 11.8 Å². The summed E-state index contributed by atoms with van der Waals surface area (Å²) in [4.78, 5) is 2.74. The van der Waals surface area contributed by atoms with E-state index in [1.165, 1.54) is 43.5 Å². The molecule has 4 heteroatoms. The molecule has 4 nitrogen and oxygen atoms in total. The molecule has 3 atom stereocenters. The lowest BCUT2D eigenvalue weighted by Gasteiger charge is -2.61. The number of aliphatic hydroxyl groups is 1. The van der Waals surface area contributed by atoms with E-state index in [1.54, 1.807) is 14.2 Å². The Hall–Kier alpha value is -2.04. The second-order valence-electron chi connectivity index (χ2n) is 9.79. The second-order valence-corrected chi connectivity index (χ2v) is 9.79. The summed E-state index contributed by atoms with van der Waals surface area (Å²) in [5.74, 6) is 2.74. The number of likely N-dealkylation sites (tertiary alicyclic amines) is 1. The number of methoxy groups -OCH3 is 2. The number of hydrogen-bond donors (Lipinski definition) is 1. The molecule has 31 heavy (non-hydrogen) atoms. The number of hydrogen-bond acceptors (Lipinski definition) is 4. The fourth-order valence-corrected chi connectivity index (χ4v) is 6.82. The molecule has 0 amide bonds. The van der Waals surface area contributed by atoms with Crippen LogP contribution in [0.2, 0.25) is 0 Å². The zero-order valence-electron chi connectivity index (χ0n) is 18.8. The van der Waals surface area contributed by atoms with Crippen molar-refractivity contribution in [2.24, 2.45) is 5.92 Å². The molecule has 2 bridgehead atoms. The SMILES string of the molecule is COc1ccc([C@@H]2CC3(N4CCCCC4)CC(O)C2[C@H](c2ccc(OC)cc2)C3)cc1. The molecular formula is C27H35NO3. The smallest absolute Gasteiger partial charge is 0.118 e. The lowest BCUT2D eigenvalue weighted by atomic mass is 9.51. The Kier molecular flexibility index (Phi) is 5.70.